The number of benzene rings is 1. The summed E-state index contributed by atoms with van der Waals surface area (Å²) in [5, 5.41) is 1.80. The fraction of sp³-hybridized carbons (Fsp3) is 0.100. The van der Waals surface area contributed by atoms with E-state index in [1.54, 1.807) is 23.0 Å². The van der Waals surface area contributed by atoms with E-state index in [1.165, 1.54) is 17.4 Å². The second kappa shape index (κ2) is 5.79. The van der Waals surface area contributed by atoms with Gasteiger partial charge in [0.25, 0.3) is 0 Å². The fourth-order valence-corrected chi connectivity index (χ4v) is 4.57. The monoisotopic (exact) mass is 410 g/mol. The van der Waals surface area contributed by atoms with Crippen LogP contribution in [-0.2, 0) is 16.6 Å². The van der Waals surface area contributed by atoms with Crippen LogP contribution in [0.3, 0.4) is 0 Å². The van der Waals surface area contributed by atoms with E-state index < -0.39 is 10.0 Å². The van der Waals surface area contributed by atoms with Gasteiger partial charge >= 0.3 is 0 Å². The largest absolute Gasteiger partial charge is 0.248 e. The van der Waals surface area contributed by atoms with Crippen LogP contribution in [-0.4, -0.2) is 13.4 Å². The summed E-state index contributed by atoms with van der Waals surface area (Å²) in [5.74, 6) is 0. The molecule has 1 aromatic heterocycles. The minimum Gasteiger partial charge on any atom is -0.248 e. The molecule has 2 rings (SSSR count). The van der Waals surface area contributed by atoms with E-state index in [0.29, 0.717) is 10.2 Å². The first-order valence-electron chi connectivity index (χ1n) is 4.81. The zero-order chi connectivity index (χ0) is 13.2. The zero-order valence-electron chi connectivity index (χ0n) is 8.93. The topological polar surface area (TPSA) is 59.1 Å². The highest BCUT2D eigenvalue weighted by molar-refractivity contribution is 9.11. The Morgan fingerprint density at radius 2 is 2.11 bits per heavy atom. The number of hydrogen-bond acceptors (Lipinski definition) is 4. The van der Waals surface area contributed by atoms with Gasteiger partial charge in [0.05, 0.1) is 22.6 Å². The predicted octanol–water partition coefficient (Wildman–Crippen LogP) is 3.15. The summed E-state index contributed by atoms with van der Waals surface area (Å²) >= 11 is 7.95. The zero-order valence-corrected chi connectivity index (χ0v) is 13.7. The van der Waals surface area contributed by atoms with Crippen molar-refractivity contribution in [1.82, 2.24) is 9.71 Å². The van der Waals surface area contributed by atoms with Crippen LogP contribution in [0.1, 0.15) is 5.69 Å². The summed E-state index contributed by atoms with van der Waals surface area (Å²) in [6.45, 7) is 0.189. The number of halogens is 2. The van der Waals surface area contributed by atoms with E-state index in [9.17, 15) is 8.42 Å². The van der Waals surface area contributed by atoms with E-state index >= 15 is 0 Å². The van der Waals surface area contributed by atoms with Gasteiger partial charge in [-0.3, -0.25) is 0 Å². The normalized spacial score (nSPS) is 11.7. The Morgan fingerprint density at radius 1 is 1.33 bits per heavy atom. The molecule has 1 N–H and O–H groups in total. The maximum atomic E-state index is 12.1. The molecule has 0 aliphatic carbocycles. The van der Waals surface area contributed by atoms with Gasteiger partial charge in [0, 0.05) is 14.3 Å². The first-order valence-corrected chi connectivity index (χ1v) is 8.82. The number of thiazole rings is 1. The second-order valence-corrected chi connectivity index (χ2v) is 7.60. The van der Waals surface area contributed by atoms with Crippen molar-refractivity contribution in [2.45, 2.75) is 11.4 Å². The van der Waals surface area contributed by atoms with E-state index in [0.717, 1.165) is 4.47 Å². The molecule has 96 valence electrons. The van der Waals surface area contributed by atoms with Gasteiger partial charge in [-0.1, -0.05) is 15.9 Å². The van der Waals surface area contributed by atoms with Crippen molar-refractivity contribution < 1.29 is 8.42 Å². The third kappa shape index (κ3) is 3.39. The Balaban J connectivity index is 2.20. The lowest BCUT2D eigenvalue weighted by molar-refractivity contribution is 0.580. The molecule has 2 aromatic rings. The number of rotatable bonds is 4. The van der Waals surface area contributed by atoms with Gasteiger partial charge in [-0.05, 0) is 34.1 Å². The Hall–Kier alpha value is -0.280. The van der Waals surface area contributed by atoms with E-state index in [-0.39, 0.29) is 11.4 Å². The molecule has 0 bridgehead atoms. The van der Waals surface area contributed by atoms with Crippen LogP contribution in [0.4, 0.5) is 0 Å². The van der Waals surface area contributed by atoms with Crippen molar-refractivity contribution in [2.75, 3.05) is 0 Å². The Kier molecular flexibility index (Phi) is 4.54. The van der Waals surface area contributed by atoms with Gasteiger partial charge in [0.1, 0.15) is 0 Å². The quantitative estimate of drug-likeness (QED) is 0.840. The third-order valence-corrected chi connectivity index (χ3v) is 5.62. The lowest BCUT2D eigenvalue weighted by Crippen LogP contribution is -2.23. The van der Waals surface area contributed by atoms with Crippen LogP contribution in [0.25, 0.3) is 0 Å². The van der Waals surface area contributed by atoms with Gasteiger partial charge in [-0.2, -0.15) is 0 Å². The van der Waals surface area contributed by atoms with Crippen molar-refractivity contribution in [3.63, 3.8) is 0 Å². The highest BCUT2D eigenvalue weighted by Gasteiger charge is 2.17. The molecule has 18 heavy (non-hydrogen) atoms. The van der Waals surface area contributed by atoms with Crippen LogP contribution in [0, 0.1) is 0 Å². The smallest absolute Gasteiger partial charge is 0.242 e. The number of aromatic nitrogens is 1. The molecule has 0 radical (unpaired) electrons. The molecule has 0 aliphatic rings. The standard InChI is InChI=1S/C10H8Br2N2O2S2/c11-7-1-2-10(9(12)3-7)18(15,16)14-4-8-5-17-6-13-8/h1-3,5-6,14H,4H2. The van der Waals surface area contributed by atoms with E-state index in [2.05, 4.69) is 41.6 Å². The molecule has 0 saturated heterocycles. The molecule has 0 unspecified atom stereocenters. The van der Waals surface area contributed by atoms with Crippen molar-refractivity contribution in [2.24, 2.45) is 0 Å². The molecule has 0 fully saturated rings. The van der Waals surface area contributed by atoms with Crippen LogP contribution < -0.4 is 4.72 Å². The Labute approximate surface area is 126 Å². The van der Waals surface area contributed by atoms with Crippen LogP contribution in [0.5, 0.6) is 0 Å². The average Bonchev–Trinajstić information content (AvgIpc) is 2.78. The number of sulfonamides is 1. The molecular weight excluding hydrogens is 404 g/mol. The molecule has 1 aromatic carbocycles. The molecule has 0 atom stereocenters. The minimum absolute atomic E-state index is 0.189. The summed E-state index contributed by atoms with van der Waals surface area (Å²) in [6.07, 6.45) is 0. The highest BCUT2D eigenvalue weighted by Crippen LogP contribution is 2.25. The fourth-order valence-electron chi connectivity index (χ4n) is 1.26. The molecule has 0 aliphatic heterocycles. The lowest BCUT2D eigenvalue weighted by Gasteiger charge is -2.07. The molecule has 0 amide bonds. The SMILES string of the molecule is O=S(=O)(NCc1cscn1)c1ccc(Br)cc1Br. The Morgan fingerprint density at radius 3 is 2.72 bits per heavy atom. The molecule has 4 nitrogen and oxygen atoms in total. The van der Waals surface area contributed by atoms with Gasteiger partial charge in [-0.15, -0.1) is 11.3 Å². The first kappa shape index (κ1) is 14.1. The predicted molar refractivity (Wildman–Crippen MR) is 78.0 cm³/mol. The van der Waals surface area contributed by atoms with Crippen LogP contribution in [0.15, 0.2) is 42.9 Å². The van der Waals surface area contributed by atoms with Gasteiger partial charge in [-0.25, -0.2) is 18.1 Å². The minimum atomic E-state index is -3.54. The van der Waals surface area contributed by atoms with E-state index in [4.69, 9.17) is 0 Å². The van der Waals surface area contributed by atoms with Gasteiger partial charge in [0.2, 0.25) is 10.0 Å². The lowest BCUT2D eigenvalue weighted by atomic mass is 10.4. The molecular formula is C10H8Br2N2O2S2. The van der Waals surface area contributed by atoms with Crippen LogP contribution >= 0.6 is 43.2 Å². The van der Waals surface area contributed by atoms with Crippen molar-refractivity contribution in [1.29, 1.82) is 0 Å². The average molecular weight is 412 g/mol. The number of hydrogen-bond donors (Lipinski definition) is 1. The molecule has 1 heterocycles. The maximum Gasteiger partial charge on any atom is 0.242 e. The summed E-state index contributed by atoms with van der Waals surface area (Å²) in [7, 11) is -3.54. The first-order chi connectivity index (χ1) is 8.49. The van der Waals surface area contributed by atoms with Crippen LogP contribution in [0.2, 0.25) is 0 Å². The summed E-state index contributed by atoms with van der Waals surface area (Å²) in [6, 6.07) is 4.91. The van der Waals surface area contributed by atoms with Gasteiger partial charge < -0.3 is 0 Å². The van der Waals surface area contributed by atoms with Gasteiger partial charge in [0.15, 0.2) is 0 Å². The summed E-state index contributed by atoms with van der Waals surface area (Å²) in [5.41, 5.74) is 2.37. The molecule has 0 saturated carbocycles. The summed E-state index contributed by atoms with van der Waals surface area (Å²) < 4.78 is 28.0. The third-order valence-electron chi connectivity index (χ3n) is 2.11. The molecule has 0 spiro atoms. The van der Waals surface area contributed by atoms with Crippen molar-refractivity contribution in [3.05, 3.63) is 43.7 Å². The number of nitrogens with zero attached hydrogens (tertiary/aromatic N) is 1. The maximum absolute atomic E-state index is 12.1. The van der Waals surface area contributed by atoms with Crippen molar-refractivity contribution >= 4 is 53.2 Å². The highest BCUT2D eigenvalue weighted by atomic mass is 79.9. The molecule has 8 heteroatoms. The number of nitrogens with one attached hydrogen (secondary N) is 1. The van der Waals surface area contributed by atoms with E-state index in [1.807, 2.05) is 0 Å². The van der Waals surface area contributed by atoms with Crippen molar-refractivity contribution in [3.8, 4) is 0 Å². The summed E-state index contributed by atoms with van der Waals surface area (Å²) in [4.78, 5) is 4.23. The Bertz CT molecular complexity index is 642. The second-order valence-electron chi connectivity index (χ2n) is 3.38.